The highest BCUT2D eigenvalue weighted by Gasteiger charge is 2.34. The summed E-state index contributed by atoms with van der Waals surface area (Å²) in [6.45, 7) is 1.72. The maximum absolute atomic E-state index is 13.5. The first kappa shape index (κ1) is 15.5. The number of benzene rings is 1. The van der Waals surface area contributed by atoms with Crippen molar-refractivity contribution in [3.63, 3.8) is 0 Å². The van der Waals surface area contributed by atoms with Crippen molar-refractivity contribution < 1.29 is 22.7 Å². The molecule has 0 amide bonds. The van der Waals surface area contributed by atoms with Crippen molar-refractivity contribution in [2.24, 2.45) is 0 Å². The first-order chi connectivity index (χ1) is 9.43. The molecule has 0 saturated carbocycles. The minimum atomic E-state index is -2.82. The van der Waals surface area contributed by atoms with Crippen molar-refractivity contribution in [2.45, 2.75) is 12.5 Å². The number of piperazine rings is 1. The number of hydrogen-bond acceptors (Lipinski definition) is 3. The fourth-order valence-electron chi connectivity index (χ4n) is 2.28. The summed E-state index contributed by atoms with van der Waals surface area (Å²) in [4.78, 5) is 1.44. The van der Waals surface area contributed by atoms with Gasteiger partial charge >= 0.3 is 0 Å². The second-order valence-corrected chi connectivity index (χ2v) is 5.34. The van der Waals surface area contributed by atoms with E-state index in [1.54, 1.807) is 0 Å². The third kappa shape index (κ3) is 2.91. The molecular formula is C12H13BrF4N2O. The van der Waals surface area contributed by atoms with Gasteiger partial charge < -0.3 is 10.4 Å². The monoisotopic (exact) mass is 356 g/mol. The Morgan fingerprint density at radius 2 is 1.80 bits per heavy atom. The maximum Gasteiger partial charge on any atom is 0.258 e. The Hall–Kier alpha value is -0.860. The SMILES string of the molecule is Oc1c([C@H](C(F)F)N2CCNCC2)cc(Br)c(F)c1F. The van der Waals surface area contributed by atoms with Crippen LogP contribution in [0, 0.1) is 11.6 Å². The zero-order valence-corrected chi connectivity index (χ0v) is 11.9. The van der Waals surface area contributed by atoms with E-state index >= 15 is 0 Å². The van der Waals surface area contributed by atoms with Gasteiger partial charge in [-0.1, -0.05) is 0 Å². The summed E-state index contributed by atoms with van der Waals surface area (Å²) in [7, 11) is 0. The number of hydrogen-bond donors (Lipinski definition) is 2. The Kier molecular flexibility index (Phi) is 4.87. The zero-order chi connectivity index (χ0) is 14.9. The lowest BCUT2D eigenvalue weighted by Gasteiger charge is -2.35. The molecule has 0 spiro atoms. The van der Waals surface area contributed by atoms with E-state index in [4.69, 9.17) is 0 Å². The van der Waals surface area contributed by atoms with Crippen LogP contribution < -0.4 is 5.32 Å². The fourth-order valence-corrected chi connectivity index (χ4v) is 2.70. The summed E-state index contributed by atoms with van der Waals surface area (Å²) in [5.41, 5.74) is -0.312. The largest absolute Gasteiger partial charge is 0.505 e. The van der Waals surface area contributed by atoms with Crippen molar-refractivity contribution in [1.29, 1.82) is 0 Å². The molecule has 1 atom stereocenters. The van der Waals surface area contributed by atoms with Gasteiger partial charge in [0.05, 0.1) is 4.47 Å². The topological polar surface area (TPSA) is 35.5 Å². The van der Waals surface area contributed by atoms with Gasteiger partial charge in [0.1, 0.15) is 6.04 Å². The minimum absolute atomic E-state index is 0.288. The van der Waals surface area contributed by atoms with Gasteiger partial charge in [-0.3, -0.25) is 4.90 Å². The number of nitrogens with one attached hydrogen (secondary N) is 1. The summed E-state index contributed by atoms with van der Waals surface area (Å²) in [5.74, 6) is -3.87. The van der Waals surface area contributed by atoms with Gasteiger partial charge in [0, 0.05) is 31.7 Å². The van der Waals surface area contributed by atoms with Crippen LogP contribution in [0.15, 0.2) is 10.5 Å². The van der Waals surface area contributed by atoms with Crippen LogP contribution in [0.2, 0.25) is 0 Å². The van der Waals surface area contributed by atoms with Crippen molar-refractivity contribution in [1.82, 2.24) is 10.2 Å². The molecule has 2 rings (SSSR count). The lowest BCUT2D eigenvalue weighted by atomic mass is 10.0. The van der Waals surface area contributed by atoms with Crippen LogP contribution in [-0.4, -0.2) is 42.6 Å². The molecule has 1 aromatic rings. The van der Waals surface area contributed by atoms with E-state index in [1.807, 2.05) is 0 Å². The van der Waals surface area contributed by atoms with E-state index in [0.717, 1.165) is 6.07 Å². The summed E-state index contributed by atoms with van der Waals surface area (Å²) < 4.78 is 53.1. The summed E-state index contributed by atoms with van der Waals surface area (Å²) in [6.07, 6.45) is -2.82. The average Bonchev–Trinajstić information content (AvgIpc) is 2.43. The van der Waals surface area contributed by atoms with Gasteiger partial charge in [0.2, 0.25) is 5.82 Å². The van der Waals surface area contributed by atoms with Crippen LogP contribution in [0.1, 0.15) is 11.6 Å². The molecule has 1 fully saturated rings. The van der Waals surface area contributed by atoms with E-state index in [2.05, 4.69) is 21.2 Å². The molecule has 8 heteroatoms. The molecule has 3 nitrogen and oxygen atoms in total. The first-order valence-electron chi connectivity index (χ1n) is 6.02. The normalized spacial score (nSPS) is 18.5. The number of rotatable bonds is 3. The minimum Gasteiger partial charge on any atom is -0.505 e. The predicted octanol–water partition coefficient (Wildman–Crippen LogP) is 2.64. The average molecular weight is 357 g/mol. The van der Waals surface area contributed by atoms with Gasteiger partial charge in [-0.25, -0.2) is 13.2 Å². The van der Waals surface area contributed by atoms with Crippen molar-refractivity contribution in [3.05, 3.63) is 27.7 Å². The second-order valence-electron chi connectivity index (χ2n) is 4.49. The first-order valence-corrected chi connectivity index (χ1v) is 6.82. The molecule has 1 saturated heterocycles. The number of phenols is 1. The summed E-state index contributed by atoms with van der Waals surface area (Å²) in [6, 6.07) is -0.462. The van der Waals surface area contributed by atoms with E-state index in [0.29, 0.717) is 26.2 Å². The Bertz CT molecular complexity index is 495. The molecule has 0 aromatic heterocycles. The van der Waals surface area contributed by atoms with E-state index < -0.39 is 29.9 Å². The predicted molar refractivity (Wildman–Crippen MR) is 68.9 cm³/mol. The van der Waals surface area contributed by atoms with Gasteiger partial charge in [-0.05, 0) is 22.0 Å². The quantitative estimate of drug-likeness (QED) is 0.645. The van der Waals surface area contributed by atoms with Crippen LogP contribution in [0.25, 0.3) is 0 Å². The van der Waals surface area contributed by atoms with Crippen molar-refractivity contribution >= 4 is 15.9 Å². The molecule has 1 heterocycles. The number of nitrogens with zero attached hydrogens (tertiary/aromatic N) is 1. The molecule has 2 N–H and O–H groups in total. The highest BCUT2D eigenvalue weighted by Crippen LogP contribution is 2.38. The Morgan fingerprint density at radius 3 is 2.35 bits per heavy atom. The second kappa shape index (κ2) is 6.28. The maximum atomic E-state index is 13.5. The van der Waals surface area contributed by atoms with Crippen LogP contribution in [-0.2, 0) is 0 Å². The molecule has 1 aliphatic rings. The zero-order valence-electron chi connectivity index (χ0n) is 10.3. The van der Waals surface area contributed by atoms with E-state index in [1.165, 1.54) is 4.90 Å². The van der Waals surface area contributed by atoms with Crippen LogP contribution in [0.5, 0.6) is 5.75 Å². The molecule has 20 heavy (non-hydrogen) atoms. The Labute approximate surface area is 121 Å². The van der Waals surface area contributed by atoms with Crippen LogP contribution in [0.3, 0.4) is 0 Å². The summed E-state index contributed by atoms with van der Waals surface area (Å²) >= 11 is 2.77. The molecule has 112 valence electrons. The Morgan fingerprint density at radius 1 is 1.20 bits per heavy atom. The molecule has 0 bridgehead atoms. The molecule has 0 aliphatic carbocycles. The van der Waals surface area contributed by atoms with E-state index in [9.17, 15) is 22.7 Å². The molecular weight excluding hydrogens is 344 g/mol. The highest BCUT2D eigenvalue weighted by atomic mass is 79.9. The third-order valence-corrected chi connectivity index (χ3v) is 3.85. The number of phenolic OH excluding ortho intramolecular Hbond substituents is 1. The van der Waals surface area contributed by atoms with Crippen LogP contribution in [0.4, 0.5) is 17.6 Å². The van der Waals surface area contributed by atoms with E-state index in [-0.39, 0.29) is 10.0 Å². The lowest BCUT2D eigenvalue weighted by Crippen LogP contribution is -2.47. The Balaban J connectivity index is 2.44. The van der Waals surface area contributed by atoms with Crippen LogP contribution >= 0.6 is 15.9 Å². The lowest BCUT2D eigenvalue weighted by molar-refractivity contribution is 0.0167. The number of halogens is 5. The smallest absolute Gasteiger partial charge is 0.258 e. The molecule has 0 radical (unpaired) electrons. The summed E-state index contributed by atoms with van der Waals surface area (Å²) in [5, 5.41) is 12.7. The van der Waals surface area contributed by atoms with Gasteiger partial charge in [-0.2, -0.15) is 4.39 Å². The van der Waals surface area contributed by atoms with Gasteiger partial charge in [-0.15, -0.1) is 0 Å². The molecule has 1 aromatic carbocycles. The third-order valence-electron chi connectivity index (χ3n) is 3.27. The number of alkyl halides is 2. The standard InChI is InChI=1S/C12H13BrF4N2O/c13-7-5-6(11(20)9(15)8(7)14)10(12(16)17)19-3-1-18-2-4-19/h5,10,12,18,20H,1-4H2/t10-/m1/s1. The van der Waals surface area contributed by atoms with Gasteiger partial charge in [0.15, 0.2) is 11.6 Å². The van der Waals surface area contributed by atoms with Crippen molar-refractivity contribution in [3.8, 4) is 5.75 Å². The fraction of sp³-hybridized carbons (Fsp3) is 0.500. The number of aromatic hydroxyl groups is 1. The van der Waals surface area contributed by atoms with Crippen molar-refractivity contribution in [2.75, 3.05) is 26.2 Å². The molecule has 1 aliphatic heterocycles. The molecule has 0 unspecified atom stereocenters. The van der Waals surface area contributed by atoms with Gasteiger partial charge in [0.25, 0.3) is 6.43 Å². The highest BCUT2D eigenvalue weighted by molar-refractivity contribution is 9.10.